The molecule has 0 aromatic rings. The number of epoxide rings is 1. The molecule has 4 rings (SSSR count). The maximum atomic E-state index is 9.70. The van der Waals surface area contributed by atoms with Crippen LogP contribution in [0.4, 0.5) is 0 Å². The fraction of sp³-hybridized carbons (Fsp3) is 0.933. The van der Waals surface area contributed by atoms with Gasteiger partial charge in [0.2, 0.25) is 0 Å². The standard InChI is InChI=1S/C30H52O2/c1-21(2)11-9-12-22(3)23-14-16-29(8)24-15-17-30(26(4,5)32-30)25(13-10-20-31)27(24,6)18-19-28(23,29)7/h11,22-25,31H,9-10,12-20H2,1-8H3/t22-,23-,24-,25-,27+,28-,29+,30-/m0/s1. The van der Waals surface area contributed by atoms with Gasteiger partial charge in [0.1, 0.15) is 5.60 Å². The first-order valence-electron chi connectivity index (χ1n) is 13.8. The number of rotatable bonds is 7. The predicted octanol–water partition coefficient (Wildman–Crippen LogP) is 7.94. The summed E-state index contributed by atoms with van der Waals surface area (Å²) in [5.41, 5.74) is 2.79. The van der Waals surface area contributed by atoms with Gasteiger partial charge in [-0.25, -0.2) is 0 Å². The zero-order valence-electron chi connectivity index (χ0n) is 22.5. The molecule has 0 aromatic heterocycles. The first-order chi connectivity index (χ1) is 14.9. The van der Waals surface area contributed by atoms with Crippen molar-refractivity contribution in [2.24, 2.45) is 39.9 Å². The monoisotopic (exact) mass is 444 g/mol. The first kappa shape index (κ1) is 24.8. The van der Waals surface area contributed by atoms with Gasteiger partial charge < -0.3 is 9.84 Å². The molecule has 4 aliphatic rings. The van der Waals surface area contributed by atoms with E-state index in [2.05, 4.69) is 61.5 Å². The maximum absolute atomic E-state index is 9.70. The summed E-state index contributed by atoms with van der Waals surface area (Å²) in [5.74, 6) is 3.06. The van der Waals surface area contributed by atoms with E-state index in [1.807, 2.05) is 0 Å². The maximum Gasteiger partial charge on any atom is 0.101 e. The van der Waals surface area contributed by atoms with Crippen molar-refractivity contribution in [3.05, 3.63) is 11.6 Å². The fourth-order valence-corrected chi connectivity index (χ4v) is 9.97. The summed E-state index contributed by atoms with van der Waals surface area (Å²) >= 11 is 0. The molecule has 4 fully saturated rings. The summed E-state index contributed by atoms with van der Waals surface area (Å²) in [7, 11) is 0. The Morgan fingerprint density at radius 1 is 1.00 bits per heavy atom. The predicted molar refractivity (Wildman–Crippen MR) is 135 cm³/mol. The Kier molecular flexibility index (Phi) is 6.28. The quantitative estimate of drug-likeness (QED) is 0.319. The lowest BCUT2D eigenvalue weighted by Crippen LogP contribution is -2.61. The van der Waals surface area contributed by atoms with Crippen molar-refractivity contribution in [2.45, 2.75) is 131 Å². The molecule has 0 bridgehead atoms. The third kappa shape index (κ3) is 3.40. The molecule has 2 heteroatoms. The SMILES string of the molecule is CC(C)=CCC[C@H](C)[C@@H]1CC[C@]2(C)[C@H]3CC[C@]4(OC4(C)C)[C@@H](CCCO)[C@]3(C)CC[C@@]12C. The molecule has 2 nitrogen and oxygen atoms in total. The van der Waals surface area contributed by atoms with Crippen LogP contribution in [0.1, 0.15) is 120 Å². The Bertz CT molecular complexity index is 735. The zero-order chi connectivity index (χ0) is 23.6. The van der Waals surface area contributed by atoms with Crippen LogP contribution in [0.5, 0.6) is 0 Å². The van der Waals surface area contributed by atoms with E-state index in [0.717, 1.165) is 30.6 Å². The molecular formula is C30H52O2. The van der Waals surface area contributed by atoms with Gasteiger partial charge in [-0.15, -0.1) is 0 Å². The molecule has 184 valence electrons. The molecule has 3 saturated carbocycles. The minimum Gasteiger partial charge on any atom is -0.396 e. The van der Waals surface area contributed by atoms with Crippen molar-refractivity contribution in [3.63, 3.8) is 0 Å². The van der Waals surface area contributed by atoms with E-state index in [9.17, 15) is 5.11 Å². The van der Waals surface area contributed by atoms with Crippen molar-refractivity contribution >= 4 is 0 Å². The lowest BCUT2D eigenvalue weighted by atomic mass is 9.39. The molecule has 1 heterocycles. The first-order valence-corrected chi connectivity index (χ1v) is 13.8. The Labute approximate surface area is 199 Å². The molecule has 1 saturated heterocycles. The fourth-order valence-electron chi connectivity index (χ4n) is 9.97. The van der Waals surface area contributed by atoms with Crippen molar-refractivity contribution in [2.75, 3.05) is 6.61 Å². The second-order valence-electron chi connectivity index (χ2n) is 13.8. The third-order valence-corrected chi connectivity index (χ3v) is 11.9. The molecule has 0 unspecified atom stereocenters. The lowest BCUT2D eigenvalue weighted by Gasteiger charge is -2.65. The largest absolute Gasteiger partial charge is 0.396 e. The average Bonchev–Trinajstić information content (AvgIpc) is 3.12. The van der Waals surface area contributed by atoms with Crippen molar-refractivity contribution in [1.82, 2.24) is 0 Å². The molecule has 0 aromatic carbocycles. The topological polar surface area (TPSA) is 32.8 Å². The van der Waals surface area contributed by atoms with Gasteiger partial charge in [-0.05, 0) is 132 Å². The summed E-state index contributed by atoms with van der Waals surface area (Å²) in [6.45, 7) is 20.0. The van der Waals surface area contributed by atoms with Gasteiger partial charge in [0.15, 0.2) is 0 Å². The van der Waals surface area contributed by atoms with Crippen molar-refractivity contribution in [1.29, 1.82) is 0 Å². The van der Waals surface area contributed by atoms with Crippen LogP contribution in [0, 0.1) is 39.9 Å². The summed E-state index contributed by atoms with van der Waals surface area (Å²) in [6.07, 6.45) is 15.2. The van der Waals surface area contributed by atoms with Crippen LogP contribution in [0.25, 0.3) is 0 Å². The lowest BCUT2D eigenvalue weighted by molar-refractivity contribution is -0.172. The number of fused-ring (bicyclic) bond motifs is 3. The van der Waals surface area contributed by atoms with Gasteiger partial charge in [-0.1, -0.05) is 39.3 Å². The number of ether oxygens (including phenoxy) is 1. The van der Waals surface area contributed by atoms with E-state index in [-0.39, 0.29) is 11.2 Å². The molecule has 1 N–H and O–H groups in total. The minimum absolute atomic E-state index is 0.0143. The third-order valence-electron chi connectivity index (χ3n) is 11.9. The summed E-state index contributed by atoms with van der Waals surface area (Å²) < 4.78 is 6.56. The van der Waals surface area contributed by atoms with Crippen LogP contribution in [0.15, 0.2) is 11.6 Å². The summed E-state index contributed by atoms with van der Waals surface area (Å²) in [6, 6.07) is 0. The van der Waals surface area contributed by atoms with Crippen molar-refractivity contribution < 1.29 is 9.84 Å². The summed E-state index contributed by atoms with van der Waals surface area (Å²) in [5, 5.41) is 9.70. The molecule has 1 aliphatic heterocycles. The van der Waals surface area contributed by atoms with E-state index < -0.39 is 0 Å². The van der Waals surface area contributed by atoms with Crippen LogP contribution in [-0.4, -0.2) is 22.9 Å². The second kappa shape index (κ2) is 8.11. The Morgan fingerprint density at radius 2 is 1.69 bits per heavy atom. The van der Waals surface area contributed by atoms with Gasteiger partial charge in [0.05, 0.1) is 5.60 Å². The molecule has 3 aliphatic carbocycles. The zero-order valence-corrected chi connectivity index (χ0v) is 22.5. The van der Waals surface area contributed by atoms with Gasteiger partial charge in [-0.2, -0.15) is 0 Å². The Morgan fingerprint density at radius 3 is 2.28 bits per heavy atom. The number of hydrogen-bond donors (Lipinski definition) is 1. The molecular weight excluding hydrogens is 392 g/mol. The van der Waals surface area contributed by atoms with E-state index in [1.54, 1.807) is 0 Å². The summed E-state index contributed by atoms with van der Waals surface area (Å²) in [4.78, 5) is 0. The highest BCUT2D eigenvalue weighted by Crippen LogP contribution is 2.77. The van der Waals surface area contributed by atoms with Crippen LogP contribution >= 0.6 is 0 Å². The van der Waals surface area contributed by atoms with Crippen LogP contribution < -0.4 is 0 Å². The average molecular weight is 445 g/mol. The Balaban J connectivity index is 1.60. The van der Waals surface area contributed by atoms with Gasteiger partial charge in [0, 0.05) is 6.61 Å². The number of allylic oxidation sites excluding steroid dienone is 2. The van der Waals surface area contributed by atoms with Gasteiger partial charge in [0.25, 0.3) is 0 Å². The number of hydrogen-bond acceptors (Lipinski definition) is 2. The normalized spacial score (nSPS) is 47.6. The van der Waals surface area contributed by atoms with E-state index in [0.29, 0.717) is 28.8 Å². The second-order valence-corrected chi connectivity index (χ2v) is 13.8. The van der Waals surface area contributed by atoms with E-state index in [1.165, 1.54) is 56.9 Å². The molecule has 8 atom stereocenters. The minimum atomic E-state index is 0.0143. The number of aliphatic hydroxyl groups is 1. The molecule has 0 radical (unpaired) electrons. The highest BCUT2D eigenvalue weighted by atomic mass is 16.6. The highest BCUT2D eigenvalue weighted by Gasteiger charge is 2.76. The van der Waals surface area contributed by atoms with Crippen molar-refractivity contribution in [3.8, 4) is 0 Å². The smallest absolute Gasteiger partial charge is 0.101 e. The van der Waals surface area contributed by atoms with Crippen LogP contribution in [0.3, 0.4) is 0 Å². The highest BCUT2D eigenvalue weighted by molar-refractivity contribution is 5.24. The molecule has 1 spiro atoms. The molecule has 32 heavy (non-hydrogen) atoms. The van der Waals surface area contributed by atoms with Crippen LogP contribution in [-0.2, 0) is 4.74 Å². The number of aliphatic hydroxyl groups excluding tert-OH is 1. The van der Waals surface area contributed by atoms with Crippen LogP contribution in [0.2, 0.25) is 0 Å². The van der Waals surface area contributed by atoms with E-state index in [4.69, 9.17) is 4.74 Å². The van der Waals surface area contributed by atoms with Gasteiger partial charge >= 0.3 is 0 Å². The molecule has 0 amide bonds. The Hall–Kier alpha value is -0.340. The van der Waals surface area contributed by atoms with E-state index >= 15 is 0 Å². The van der Waals surface area contributed by atoms with Gasteiger partial charge in [-0.3, -0.25) is 0 Å².